The van der Waals surface area contributed by atoms with Gasteiger partial charge in [0.2, 0.25) is 11.8 Å². The molecule has 1 saturated heterocycles. The highest BCUT2D eigenvalue weighted by atomic mass is 16.5. The van der Waals surface area contributed by atoms with E-state index in [-0.39, 0.29) is 24.3 Å². The molecule has 1 aromatic carbocycles. The Morgan fingerprint density at radius 1 is 1.32 bits per heavy atom. The monoisotopic (exact) mass is 341 g/mol. The first-order valence-electron chi connectivity index (χ1n) is 8.58. The van der Waals surface area contributed by atoms with Gasteiger partial charge in [0.05, 0.1) is 18.2 Å². The second-order valence-electron chi connectivity index (χ2n) is 6.45. The minimum atomic E-state index is -0.226. The van der Waals surface area contributed by atoms with Crippen LogP contribution in [0.5, 0.6) is 0 Å². The van der Waals surface area contributed by atoms with E-state index in [1.165, 1.54) is 0 Å². The number of carbonyl (C=O) groups is 2. The number of carbonyl (C=O) groups excluding carboxylic acids is 2. The van der Waals surface area contributed by atoms with E-state index in [2.05, 4.69) is 10.5 Å². The van der Waals surface area contributed by atoms with E-state index < -0.39 is 0 Å². The largest absolute Gasteiger partial charge is 0.361 e. The van der Waals surface area contributed by atoms with Crippen LogP contribution in [0.2, 0.25) is 0 Å². The molecule has 0 saturated carbocycles. The fourth-order valence-electron chi connectivity index (χ4n) is 3.20. The summed E-state index contributed by atoms with van der Waals surface area (Å²) in [5, 5.41) is 6.96. The van der Waals surface area contributed by atoms with Crippen LogP contribution in [0.25, 0.3) is 0 Å². The van der Waals surface area contributed by atoms with Gasteiger partial charge in [-0.2, -0.15) is 0 Å². The van der Waals surface area contributed by atoms with Crippen molar-refractivity contribution >= 4 is 11.8 Å². The summed E-state index contributed by atoms with van der Waals surface area (Å²) in [6.07, 6.45) is 1.69. The van der Waals surface area contributed by atoms with Crippen LogP contribution < -0.4 is 5.32 Å². The number of hydrogen-bond acceptors (Lipinski definition) is 4. The number of likely N-dealkylation sites (tertiary alicyclic amines) is 1. The molecule has 0 unspecified atom stereocenters. The maximum atomic E-state index is 12.6. The van der Waals surface area contributed by atoms with Gasteiger partial charge < -0.3 is 14.7 Å². The van der Waals surface area contributed by atoms with Crippen LogP contribution in [-0.4, -0.2) is 35.0 Å². The van der Waals surface area contributed by atoms with Crippen LogP contribution in [0.3, 0.4) is 0 Å². The summed E-state index contributed by atoms with van der Waals surface area (Å²) in [5.41, 5.74) is 2.55. The van der Waals surface area contributed by atoms with Crippen molar-refractivity contribution in [2.45, 2.75) is 39.2 Å². The summed E-state index contributed by atoms with van der Waals surface area (Å²) in [6, 6.07) is 9.54. The van der Waals surface area contributed by atoms with Crippen molar-refractivity contribution in [3.8, 4) is 0 Å². The van der Waals surface area contributed by atoms with Gasteiger partial charge in [-0.3, -0.25) is 9.59 Å². The van der Waals surface area contributed by atoms with Gasteiger partial charge in [0.1, 0.15) is 5.76 Å². The number of aromatic nitrogens is 1. The van der Waals surface area contributed by atoms with Crippen molar-refractivity contribution in [1.29, 1.82) is 0 Å². The van der Waals surface area contributed by atoms with E-state index in [0.717, 1.165) is 29.8 Å². The van der Waals surface area contributed by atoms with Gasteiger partial charge in [0.25, 0.3) is 0 Å². The van der Waals surface area contributed by atoms with Gasteiger partial charge in [-0.15, -0.1) is 0 Å². The summed E-state index contributed by atoms with van der Waals surface area (Å²) in [7, 11) is 0. The van der Waals surface area contributed by atoms with E-state index in [9.17, 15) is 9.59 Å². The predicted octanol–water partition coefficient (Wildman–Crippen LogP) is 2.31. The predicted molar refractivity (Wildman–Crippen MR) is 92.8 cm³/mol. The zero-order valence-electron chi connectivity index (χ0n) is 14.6. The Bertz CT molecular complexity index is 735. The van der Waals surface area contributed by atoms with Crippen molar-refractivity contribution in [3.63, 3.8) is 0 Å². The average molecular weight is 341 g/mol. The number of rotatable bonds is 6. The first kappa shape index (κ1) is 17.2. The minimum absolute atomic E-state index is 0.102. The summed E-state index contributed by atoms with van der Waals surface area (Å²) < 4.78 is 5.12. The van der Waals surface area contributed by atoms with Gasteiger partial charge in [0, 0.05) is 25.1 Å². The van der Waals surface area contributed by atoms with Crippen molar-refractivity contribution in [2.75, 3.05) is 13.1 Å². The molecule has 6 heteroatoms. The maximum Gasteiger partial charge on any atom is 0.225 e. The number of nitrogens with one attached hydrogen (secondary N) is 1. The topological polar surface area (TPSA) is 75.4 Å². The van der Waals surface area contributed by atoms with Crippen LogP contribution in [0.1, 0.15) is 41.5 Å². The molecule has 3 rings (SSSR count). The Hall–Kier alpha value is -2.63. The Morgan fingerprint density at radius 2 is 2.08 bits per heavy atom. The minimum Gasteiger partial charge on any atom is -0.361 e. The van der Waals surface area contributed by atoms with Gasteiger partial charge in [-0.1, -0.05) is 35.5 Å². The quantitative estimate of drug-likeness (QED) is 0.875. The van der Waals surface area contributed by atoms with Gasteiger partial charge in [-0.05, 0) is 25.8 Å². The molecule has 1 aliphatic heterocycles. The number of nitrogens with zero attached hydrogens (tertiary/aromatic N) is 2. The van der Waals surface area contributed by atoms with Crippen molar-refractivity contribution < 1.29 is 14.1 Å². The summed E-state index contributed by atoms with van der Waals surface area (Å²) >= 11 is 0. The molecular formula is C19H23N3O3. The fraction of sp³-hybridized carbons (Fsp3) is 0.421. The summed E-state index contributed by atoms with van der Waals surface area (Å²) in [6.45, 7) is 4.88. The molecule has 0 spiro atoms. The maximum absolute atomic E-state index is 12.6. The molecule has 0 bridgehead atoms. The number of amides is 2. The molecule has 2 amide bonds. The Labute approximate surface area is 147 Å². The summed E-state index contributed by atoms with van der Waals surface area (Å²) in [5.74, 6) is 0.717. The second-order valence-corrected chi connectivity index (χ2v) is 6.45. The third-order valence-electron chi connectivity index (χ3n) is 4.63. The first-order chi connectivity index (χ1) is 12.0. The zero-order chi connectivity index (χ0) is 17.8. The lowest BCUT2D eigenvalue weighted by molar-refractivity contribution is -0.129. The van der Waals surface area contributed by atoms with E-state index in [0.29, 0.717) is 18.7 Å². The Morgan fingerprint density at radius 3 is 2.68 bits per heavy atom. The molecule has 1 aliphatic rings. The van der Waals surface area contributed by atoms with Crippen LogP contribution in [0.15, 0.2) is 34.9 Å². The lowest BCUT2D eigenvalue weighted by atomic mass is 10.0. The van der Waals surface area contributed by atoms with E-state index in [1.807, 2.05) is 42.2 Å². The highest BCUT2D eigenvalue weighted by molar-refractivity contribution is 5.80. The summed E-state index contributed by atoms with van der Waals surface area (Å²) in [4.78, 5) is 26.4. The number of hydrogen-bond donors (Lipinski definition) is 1. The van der Waals surface area contributed by atoms with E-state index >= 15 is 0 Å². The highest BCUT2D eigenvalue weighted by Gasteiger charge is 2.25. The van der Waals surface area contributed by atoms with E-state index in [4.69, 9.17) is 4.52 Å². The lowest BCUT2D eigenvalue weighted by Crippen LogP contribution is -2.39. The lowest BCUT2D eigenvalue weighted by Gasteiger charge is -2.25. The molecular weight excluding hydrogens is 318 g/mol. The molecule has 1 N–H and O–H groups in total. The van der Waals surface area contributed by atoms with E-state index in [1.54, 1.807) is 6.92 Å². The molecule has 1 aromatic heterocycles. The molecule has 132 valence electrons. The molecule has 1 atom stereocenters. The molecule has 1 fully saturated rings. The Kier molecular flexibility index (Phi) is 5.16. The van der Waals surface area contributed by atoms with Gasteiger partial charge in [-0.25, -0.2) is 0 Å². The Balaban J connectivity index is 1.73. The highest BCUT2D eigenvalue weighted by Crippen LogP contribution is 2.19. The molecule has 0 aliphatic carbocycles. The van der Waals surface area contributed by atoms with Crippen LogP contribution in [0, 0.1) is 13.8 Å². The number of benzene rings is 1. The van der Waals surface area contributed by atoms with Gasteiger partial charge >= 0.3 is 0 Å². The smallest absolute Gasteiger partial charge is 0.225 e. The molecule has 0 radical (unpaired) electrons. The zero-order valence-corrected chi connectivity index (χ0v) is 14.6. The number of aryl methyl sites for hydroxylation is 2. The van der Waals surface area contributed by atoms with Crippen LogP contribution >= 0.6 is 0 Å². The third kappa shape index (κ3) is 4.07. The van der Waals surface area contributed by atoms with Gasteiger partial charge in [0.15, 0.2) is 0 Å². The molecule has 25 heavy (non-hydrogen) atoms. The second kappa shape index (κ2) is 7.51. The van der Waals surface area contributed by atoms with Crippen molar-refractivity contribution in [3.05, 3.63) is 52.9 Å². The van der Waals surface area contributed by atoms with Crippen molar-refractivity contribution in [2.24, 2.45) is 0 Å². The molecule has 2 heterocycles. The molecule has 2 aromatic rings. The third-order valence-corrected chi connectivity index (χ3v) is 4.63. The first-order valence-corrected chi connectivity index (χ1v) is 8.58. The standard InChI is InChI=1S/C19H23N3O3/c1-13-16(14(2)25-21-13)11-18(23)20-17(15-7-4-3-5-8-15)12-22-10-6-9-19(22)24/h3-5,7-8,17H,6,9-12H2,1-2H3,(H,20,23)/t17-/m1/s1. The van der Waals surface area contributed by atoms with Crippen molar-refractivity contribution in [1.82, 2.24) is 15.4 Å². The molecule has 6 nitrogen and oxygen atoms in total. The van der Waals surface area contributed by atoms with Crippen LogP contribution in [0.4, 0.5) is 0 Å². The van der Waals surface area contributed by atoms with Crippen LogP contribution in [-0.2, 0) is 16.0 Å². The normalized spacial score (nSPS) is 15.4. The fourth-order valence-corrected chi connectivity index (χ4v) is 3.20. The average Bonchev–Trinajstić information content (AvgIpc) is 3.15. The SMILES string of the molecule is Cc1noc(C)c1CC(=O)N[C@H](CN1CCCC1=O)c1ccccc1.